The van der Waals surface area contributed by atoms with Crippen molar-refractivity contribution in [2.45, 2.75) is 18.2 Å². The zero-order valence-corrected chi connectivity index (χ0v) is 14.5. The van der Waals surface area contributed by atoms with E-state index in [0.29, 0.717) is 17.3 Å². The average molecular weight is 316 g/mol. The molecule has 1 rings (SSSR count). The van der Waals surface area contributed by atoms with Crippen LogP contribution >= 0.6 is 35.9 Å². The molecule has 0 bridgehead atoms. The van der Waals surface area contributed by atoms with Crippen LogP contribution in [0.3, 0.4) is 0 Å². The standard InChI is InChI=1S/C10H12ClNO3S2.Na/c1-7-6-8(17-15-14-13)2-3-9(7)12-10(16)4-5-11;/h2-3,6,13H,4-5H2,1H3,(H,12,16);/q;+1/p-1. The van der Waals surface area contributed by atoms with Crippen molar-refractivity contribution in [3.05, 3.63) is 23.8 Å². The molecule has 0 aliphatic carbocycles. The molecule has 0 amide bonds. The van der Waals surface area contributed by atoms with Crippen LogP contribution in [-0.2, 0) is 9.37 Å². The molecule has 4 nitrogen and oxygen atoms in total. The van der Waals surface area contributed by atoms with Crippen molar-refractivity contribution in [3.63, 3.8) is 0 Å². The first-order valence-electron chi connectivity index (χ1n) is 4.77. The summed E-state index contributed by atoms with van der Waals surface area (Å²) in [6, 6.07) is 5.50. The molecule has 8 heteroatoms. The van der Waals surface area contributed by atoms with E-state index in [4.69, 9.17) is 23.8 Å². The third-order valence-electron chi connectivity index (χ3n) is 1.95. The minimum Gasteiger partial charge on any atom is -0.691 e. The van der Waals surface area contributed by atoms with Crippen LogP contribution in [0.25, 0.3) is 0 Å². The number of hydrogen-bond acceptors (Lipinski definition) is 5. The molecule has 0 saturated carbocycles. The molecule has 0 radical (unpaired) electrons. The third-order valence-corrected chi connectivity index (χ3v) is 3.02. The van der Waals surface area contributed by atoms with Gasteiger partial charge < -0.3 is 10.6 Å². The number of anilines is 1. The topological polar surface area (TPSA) is 53.5 Å². The van der Waals surface area contributed by atoms with E-state index >= 15 is 0 Å². The molecule has 0 spiro atoms. The zero-order chi connectivity index (χ0) is 12.7. The van der Waals surface area contributed by atoms with Gasteiger partial charge in [0.15, 0.2) is 0 Å². The summed E-state index contributed by atoms with van der Waals surface area (Å²) in [5.41, 5.74) is 1.90. The fourth-order valence-corrected chi connectivity index (χ4v) is 2.15. The summed E-state index contributed by atoms with van der Waals surface area (Å²) in [5, 5.41) is 16.1. The quantitative estimate of drug-likeness (QED) is 0.192. The Balaban J connectivity index is 0.00000289. The molecule has 0 aliphatic heterocycles. The number of hydrogen-bond donors (Lipinski definition) is 1. The minimum absolute atomic E-state index is 0. The van der Waals surface area contributed by atoms with E-state index in [1.807, 2.05) is 19.1 Å². The predicted octanol–water partition coefficient (Wildman–Crippen LogP) is -0.402. The van der Waals surface area contributed by atoms with Gasteiger partial charge in [-0.3, -0.25) is 5.04 Å². The molecule has 18 heavy (non-hydrogen) atoms. The maximum absolute atomic E-state index is 9.69. The molecule has 1 N–H and O–H groups in total. The largest absolute Gasteiger partial charge is 1.00 e. The molecule has 0 saturated heterocycles. The van der Waals surface area contributed by atoms with Crippen molar-refractivity contribution in [2.24, 2.45) is 0 Å². The number of alkyl halides is 1. The number of halogens is 1. The molecule has 0 aliphatic rings. The monoisotopic (exact) mass is 315 g/mol. The summed E-state index contributed by atoms with van der Waals surface area (Å²) in [6.07, 6.45) is 0.639. The van der Waals surface area contributed by atoms with Crippen LogP contribution in [0.2, 0.25) is 0 Å². The Bertz CT molecular complexity index is 395. The summed E-state index contributed by atoms with van der Waals surface area (Å²) < 4.78 is 4.23. The first-order chi connectivity index (χ1) is 8.17. The van der Waals surface area contributed by atoms with Crippen LogP contribution in [0.4, 0.5) is 5.69 Å². The predicted molar refractivity (Wildman–Crippen MR) is 70.8 cm³/mol. The van der Waals surface area contributed by atoms with Crippen LogP contribution in [0, 0.1) is 6.92 Å². The number of rotatable bonds is 6. The second-order valence-electron chi connectivity index (χ2n) is 3.18. The van der Waals surface area contributed by atoms with Crippen molar-refractivity contribution in [3.8, 4) is 0 Å². The Kier molecular flexibility index (Phi) is 10.8. The van der Waals surface area contributed by atoms with Crippen molar-refractivity contribution in [1.82, 2.24) is 0 Å². The molecular formula is C10H11ClNNaO3S2. The normalized spacial score (nSPS) is 9.72. The number of thiocarbonyl (C=S) groups is 1. The van der Waals surface area contributed by atoms with Crippen LogP contribution in [0.1, 0.15) is 12.0 Å². The molecule has 0 heterocycles. The summed E-state index contributed by atoms with van der Waals surface area (Å²) in [7, 11) is 0. The van der Waals surface area contributed by atoms with Crippen LogP contribution in [0.5, 0.6) is 0 Å². The molecule has 94 valence electrons. The van der Waals surface area contributed by atoms with Gasteiger partial charge in [-0.2, -0.15) is 4.33 Å². The number of aryl methyl sites for hydroxylation is 1. The van der Waals surface area contributed by atoms with E-state index in [1.54, 1.807) is 6.07 Å². The van der Waals surface area contributed by atoms with Gasteiger partial charge in [-0.1, -0.05) is 12.2 Å². The van der Waals surface area contributed by atoms with Crippen molar-refractivity contribution >= 4 is 46.5 Å². The fourth-order valence-electron chi connectivity index (χ4n) is 1.18. The first kappa shape index (κ1) is 18.6. The van der Waals surface area contributed by atoms with Gasteiger partial charge in [-0.05, 0) is 30.7 Å². The van der Waals surface area contributed by atoms with E-state index in [1.165, 1.54) is 0 Å². The summed E-state index contributed by atoms with van der Waals surface area (Å²) in [5.74, 6) is 0.494. The van der Waals surface area contributed by atoms with E-state index in [9.17, 15) is 5.26 Å². The van der Waals surface area contributed by atoms with Gasteiger partial charge in [0.1, 0.15) is 0 Å². The van der Waals surface area contributed by atoms with E-state index in [2.05, 4.69) is 14.7 Å². The van der Waals surface area contributed by atoms with E-state index in [0.717, 1.165) is 28.2 Å². The van der Waals surface area contributed by atoms with E-state index < -0.39 is 0 Å². The number of benzene rings is 1. The Hall–Kier alpha value is 0.630. The molecule has 0 aromatic heterocycles. The van der Waals surface area contributed by atoms with Crippen LogP contribution in [0.15, 0.2) is 23.1 Å². The Labute approximate surface area is 143 Å². The SMILES string of the molecule is Cc1cc(SOO[O-])ccc1NC(=S)CCCl.[Na+]. The third kappa shape index (κ3) is 6.70. The maximum Gasteiger partial charge on any atom is 1.00 e. The first-order valence-corrected chi connectivity index (χ1v) is 6.45. The van der Waals surface area contributed by atoms with Gasteiger partial charge in [0.05, 0.1) is 17.0 Å². The van der Waals surface area contributed by atoms with E-state index in [-0.39, 0.29) is 29.6 Å². The molecule has 1 aromatic carbocycles. The van der Waals surface area contributed by atoms with Crippen molar-refractivity contribution < 1.29 is 44.2 Å². The van der Waals surface area contributed by atoms with Crippen LogP contribution in [-0.4, -0.2) is 10.9 Å². The minimum atomic E-state index is 0. The van der Waals surface area contributed by atoms with Gasteiger partial charge in [0.2, 0.25) is 0 Å². The van der Waals surface area contributed by atoms with Crippen LogP contribution < -0.4 is 40.1 Å². The van der Waals surface area contributed by atoms with Gasteiger partial charge >= 0.3 is 29.6 Å². The van der Waals surface area contributed by atoms with Crippen molar-refractivity contribution in [1.29, 1.82) is 0 Å². The fraction of sp³-hybridized carbons (Fsp3) is 0.300. The Morgan fingerprint density at radius 2 is 2.28 bits per heavy atom. The second kappa shape index (κ2) is 10.4. The maximum atomic E-state index is 9.69. The summed E-state index contributed by atoms with van der Waals surface area (Å²) in [6.45, 7) is 1.92. The average Bonchev–Trinajstić information content (AvgIpc) is 2.30. The zero-order valence-electron chi connectivity index (χ0n) is 10.1. The molecule has 0 atom stereocenters. The summed E-state index contributed by atoms with van der Waals surface area (Å²) >= 11 is 11.6. The molecule has 0 unspecified atom stereocenters. The molecule has 1 aromatic rings. The summed E-state index contributed by atoms with van der Waals surface area (Å²) in [4.78, 5) is 1.47. The Morgan fingerprint density at radius 1 is 1.56 bits per heavy atom. The smallest absolute Gasteiger partial charge is 0.691 e. The molecular weight excluding hydrogens is 305 g/mol. The Morgan fingerprint density at radius 3 is 2.83 bits per heavy atom. The molecule has 0 fully saturated rings. The second-order valence-corrected chi connectivity index (χ2v) is 4.83. The number of nitrogens with one attached hydrogen (secondary N) is 1. The van der Waals surface area contributed by atoms with Gasteiger partial charge in [0.25, 0.3) is 0 Å². The van der Waals surface area contributed by atoms with Gasteiger partial charge in [-0.25, -0.2) is 0 Å². The van der Waals surface area contributed by atoms with Gasteiger partial charge in [-0.15, -0.1) is 11.6 Å². The van der Waals surface area contributed by atoms with Gasteiger partial charge in [0, 0.05) is 22.9 Å². The van der Waals surface area contributed by atoms with Crippen molar-refractivity contribution in [2.75, 3.05) is 11.2 Å².